The topological polar surface area (TPSA) is 0 Å². The number of benzene rings is 2. The maximum atomic E-state index is 2.37. The fraction of sp³-hybridized carbons (Fsp3) is 0.250. The predicted molar refractivity (Wildman–Crippen MR) is 78.2 cm³/mol. The molecule has 1 heteroatoms. The first-order chi connectivity index (χ1) is 8.15. The third-order valence-electron chi connectivity index (χ3n) is 3.26. The molecule has 0 bridgehead atoms. The van der Waals surface area contributed by atoms with Gasteiger partial charge in [0.1, 0.15) is 0 Å². The van der Waals surface area contributed by atoms with E-state index in [-0.39, 0.29) is 0 Å². The van der Waals surface area contributed by atoms with E-state index in [0.29, 0.717) is 5.92 Å². The molecular weight excluding hydrogens is 224 g/mol. The maximum absolute atomic E-state index is 2.37. The van der Waals surface area contributed by atoms with Crippen LogP contribution in [0.25, 0.3) is 20.9 Å². The Kier molecular flexibility index (Phi) is 2.44. The van der Waals surface area contributed by atoms with Crippen molar-refractivity contribution in [3.05, 3.63) is 46.8 Å². The summed E-state index contributed by atoms with van der Waals surface area (Å²) in [5.41, 5.74) is 1.34. The number of hydrogen-bond acceptors (Lipinski definition) is 1. The molecule has 0 aliphatic carbocycles. The van der Waals surface area contributed by atoms with E-state index in [1.807, 2.05) is 11.3 Å². The lowest BCUT2D eigenvalue weighted by Crippen LogP contribution is -1.78. The number of thiophene rings is 1. The molecule has 0 saturated heterocycles. The molecule has 3 rings (SSSR count). The van der Waals surface area contributed by atoms with Crippen molar-refractivity contribution in [2.75, 3.05) is 0 Å². The molecule has 17 heavy (non-hydrogen) atoms. The summed E-state index contributed by atoms with van der Waals surface area (Å²) in [5, 5.41) is 4.15. The van der Waals surface area contributed by atoms with Crippen LogP contribution >= 0.6 is 11.3 Å². The summed E-state index contributed by atoms with van der Waals surface area (Å²) in [6, 6.07) is 13.6. The lowest BCUT2D eigenvalue weighted by Gasteiger charge is -2.00. The van der Waals surface area contributed by atoms with Gasteiger partial charge in [-0.15, -0.1) is 11.3 Å². The second-order valence-corrected chi connectivity index (χ2v) is 6.12. The van der Waals surface area contributed by atoms with E-state index in [9.17, 15) is 0 Å². The summed E-state index contributed by atoms with van der Waals surface area (Å²) in [6.07, 6.45) is 0. The van der Waals surface area contributed by atoms with E-state index in [0.717, 1.165) is 0 Å². The van der Waals surface area contributed by atoms with Crippen LogP contribution in [-0.2, 0) is 0 Å². The van der Waals surface area contributed by atoms with Gasteiger partial charge in [0.25, 0.3) is 0 Å². The van der Waals surface area contributed by atoms with Crippen LogP contribution in [0.3, 0.4) is 0 Å². The third-order valence-corrected chi connectivity index (χ3v) is 4.66. The number of rotatable bonds is 1. The van der Waals surface area contributed by atoms with Crippen molar-refractivity contribution in [3.63, 3.8) is 0 Å². The Hall–Kier alpha value is -1.34. The summed E-state index contributed by atoms with van der Waals surface area (Å²) < 4.78 is 1.41. The van der Waals surface area contributed by atoms with Gasteiger partial charge in [0, 0.05) is 15.0 Å². The molecule has 2 aromatic carbocycles. The average molecular weight is 240 g/mol. The zero-order valence-electron chi connectivity index (χ0n) is 10.4. The molecule has 0 spiro atoms. The van der Waals surface area contributed by atoms with E-state index in [4.69, 9.17) is 0 Å². The minimum absolute atomic E-state index is 0.618. The van der Waals surface area contributed by atoms with E-state index in [1.54, 1.807) is 0 Å². The fourth-order valence-corrected chi connectivity index (χ4v) is 3.34. The molecule has 0 unspecified atom stereocenters. The highest BCUT2D eigenvalue weighted by molar-refractivity contribution is 7.19. The van der Waals surface area contributed by atoms with Crippen molar-refractivity contribution >= 4 is 32.2 Å². The van der Waals surface area contributed by atoms with Gasteiger partial charge in [0.05, 0.1) is 0 Å². The molecule has 0 aliphatic heterocycles. The molecule has 86 valence electrons. The lowest BCUT2D eigenvalue weighted by atomic mass is 10.0. The quantitative estimate of drug-likeness (QED) is 0.528. The number of hydrogen-bond donors (Lipinski definition) is 0. The van der Waals surface area contributed by atoms with E-state index < -0.39 is 0 Å². The summed E-state index contributed by atoms with van der Waals surface area (Å²) >= 11 is 1.93. The van der Waals surface area contributed by atoms with Gasteiger partial charge in [-0.2, -0.15) is 0 Å². The summed E-state index contributed by atoms with van der Waals surface area (Å²) in [6.45, 7) is 6.68. The van der Waals surface area contributed by atoms with Crippen LogP contribution in [0.15, 0.2) is 36.4 Å². The molecule has 1 aromatic heterocycles. The van der Waals surface area contributed by atoms with Gasteiger partial charge in [-0.1, -0.05) is 43.7 Å². The van der Waals surface area contributed by atoms with Crippen LogP contribution in [0.2, 0.25) is 0 Å². The monoisotopic (exact) mass is 240 g/mol. The smallest absolute Gasteiger partial charge is 0.0352 e. The molecule has 0 N–H and O–H groups in total. The highest BCUT2D eigenvalue weighted by Gasteiger charge is 2.08. The molecule has 0 radical (unpaired) electrons. The molecule has 0 nitrogen and oxygen atoms in total. The van der Waals surface area contributed by atoms with E-state index >= 15 is 0 Å². The van der Waals surface area contributed by atoms with Crippen LogP contribution in [0.4, 0.5) is 0 Å². The standard InChI is InChI=1S/C16H16S/c1-10(2)16-9-14-13-8-11(3)4-5-12(13)6-7-15(14)17-16/h4-10H,1-3H3. The fourth-order valence-electron chi connectivity index (χ4n) is 2.26. The van der Waals surface area contributed by atoms with Gasteiger partial charge in [-0.05, 0) is 35.7 Å². The van der Waals surface area contributed by atoms with Crippen molar-refractivity contribution in [3.8, 4) is 0 Å². The first-order valence-electron chi connectivity index (χ1n) is 6.08. The minimum Gasteiger partial charge on any atom is -0.140 e. The van der Waals surface area contributed by atoms with Crippen LogP contribution in [0, 0.1) is 6.92 Å². The Labute approximate surface area is 106 Å². The van der Waals surface area contributed by atoms with E-state index in [2.05, 4.69) is 57.2 Å². The Morgan fingerprint density at radius 1 is 0.941 bits per heavy atom. The minimum atomic E-state index is 0.618. The van der Waals surface area contributed by atoms with Crippen molar-refractivity contribution in [1.29, 1.82) is 0 Å². The number of aryl methyl sites for hydroxylation is 1. The number of fused-ring (bicyclic) bond motifs is 3. The highest BCUT2D eigenvalue weighted by Crippen LogP contribution is 2.35. The molecular formula is C16H16S. The second-order valence-electron chi connectivity index (χ2n) is 5.01. The first-order valence-corrected chi connectivity index (χ1v) is 6.89. The zero-order chi connectivity index (χ0) is 12.0. The Bertz CT molecular complexity index is 689. The summed E-state index contributed by atoms with van der Waals surface area (Å²) in [4.78, 5) is 1.48. The van der Waals surface area contributed by atoms with Crippen molar-refractivity contribution < 1.29 is 0 Å². The first kappa shape index (κ1) is 10.8. The lowest BCUT2D eigenvalue weighted by molar-refractivity contribution is 0.890. The molecule has 0 atom stereocenters. The SMILES string of the molecule is Cc1ccc2ccc3sc(C(C)C)cc3c2c1. The largest absolute Gasteiger partial charge is 0.140 e. The maximum Gasteiger partial charge on any atom is 0.0352 e. The Morgan fingerprint density at radius 2 is 1.71 bits per heavy atom. The summed E-state index contributed by atoms with van der Waals surface area (Å²) in [7, 11) is 0. The third kappa shape index (κ3) is 1.75. The molecule has 1 heterocycles. The van der Waals surface area contributed by atoms with Gasteiger partial charge in [0.2, 0.25) is 0 Å². The summed E-state index contributed by atoms with van der Waals surface area (Å²) in [5.74, 6) is 0.618. The van der Waals surface area contributed by atoms with Crippen molar-refractivity contribution in [1.82, 2.24) is 0 Å². The highest BCUT2D eigenvalue weighted by atomic mass is 32.1. The average Bonchev–Trinajstić information content (AvgIpc) is 2.73. The van der Waals surface area contributed by atoms with Crippen LogP contribution in [0.5, 0.6) is 0 Å². The van der Waals surface area contributed by atoms with Crippen LogP contribution in [-0.4, -0.2) is 0 Å². The molecule has 0 amide bonds. The Morgan fingerprint density at radius 3 is 2.47 bits per heavy atom. The van der Waals surface area contributed by atoms with Crippen LogP contribution in [0.1, 0.15) is 30.2 Å². The van der Waals surface area contributed by atoms with E-state index in [1.165, 1.54) is 31.3 Å². The van der Waals surface area contributed by atoms with Gasteiger partial charge < -0.3 is 0 Å². The van der Waals surface area contributed by atoms with Gasteiger partial charge in [-0.3, -0.25) is 0 Å². The predicted octanol–water partition coefficient (Wildman–Crippen LogP) is 5.49. The van der Waals surface area contributed by atoms with Gasteiger partial charge in [0.15, 0.2) is 0 Å². The van der Waals surface area contributed by atoms with Gasteiger partial charge in [-0.25, -0.2) is 0 Å². The molecule has 3 aromatic rings. The van der Waals surface area contributed by atoms with Crippen LogP contribution < -0.4 is 0 Å². The molecule has 0 aliphatic rings. The second kappa shape index (κ2) is 3.85. The molecule has 0 saturated carbocycles. The van der Waals surface area contributed by atoms with Crippen molar-refractivity contribution in [2.45, 2.75) is 26.7 Å². The molecule has 0 fully saturated rings. The van der Waals surface area contributed by atoms with Crippen molar-refractivity contribution in [2.24, 2.45) is 0 Å². The van der Waals surface area contributed by atoms with Gasteiger partial charge >= 0.3 is 0 Å². The Balaban J connectivity index is 2.41. The normalized spacial score (nSPS) is 11.8. The zero-order valence-corrected chi connectivity index (χ0v) is 11.3.